The van der Waals surface area contributed by atoms with Crippen LogP contribution in [0.25, 0.3) is 10.9 Å². The molecule has 3 aromatic heterocycles. The standard InChI is InChI=1S/C23H21N5O3S/c29-21-17-3-1-2-4-18(17)28(15-19-25-9-14-32-19)22(20(21)23(30)31)27-12-10-26(11-13-27)16-5-7-24-8-6-16/h1-9,14H,10-13,15H2,(H,30,31). The molecule has 0 radical (unpaired) electrons. The van der Waals surface area contributed by atoms with Gasteiger partial charge in [0.15, 0.2) is 0 Å². The molecule has 0 saturated carbocycles. The Balaban J connectivity index is 1.62. The molecule has 1 N–H and O–H groups in total. The van der Waals surface area contributed by atoms with Crippen molar-refractivity contribution in [3.8, 4) is 0 Å². The maximum Gasteiger partial charge on any atom is 0.343 e. The van der Waals surface area contributed by atoms with Crippen LogP contribution in [0.15, 0.2) is 65.2 Å². The highest BCUT2D eigenvalue weighted by Gasteiger charge is 2.28. The van der Waals surface area contributed by atoms with Crippen LogP contribution in [0.5, 0.6) is 0 Å². The predicted molar refractivity (Wildman–Crippen MR) is 125 cm³/mol. The molecule has 1 aliphatic rings. The van der Waals surface area contributed by atoms with Crippen LogP contribution in [0.3, 0.4) is 0 Å². The topological polar surface area (TPSA) is 91.6 Å². The molecule has 0 atom stereocenters. The second-order valence-electron chi connectivity index (χ2n) is 7.54. The molecule has 0 aliphatic carbocycles. The summed E-state index contributed by atoms with van der Waals surface area (Å²) >= 11 is 1.51. The zero-order valence-corrected chi connectivity index (χ0v) is 18.0. The van der Waals surface area contributed by atoms with Crippen molar-refractivity contribution in [1.29, 1.82) is 0 Å². The normalized spacial score (nSPS) is 14.1. The highest BCUT2D eigenvalue weighted by molar-refractivity contribution is 7.09. The Morgan fingerprint density at radius 3 is 2.41 bits per heavy atom. The molecule has 0 unspecified atom stereocenters. The number of carboxylic acids is 1. The largest absolute Gasteiger partial charge is 0.477 e. The van der Waals surface area contributed by atoms with Crippen LogP contribution in [-0.2, 0) is 6.54 Å². The molecule has 1 saturated heterocycles. The fourth-order valence-corrected chi connectivity index (χ4v) is 4.87. The molecule has 4 aromatic rings. The molecular formula is C23H21N5O3S. The van der Waals surface area contributed by atoms with Crippen LogP contribution in [0.4, 0.5) is 11.5 Å². The molecule has 162 valence electrons. The van der Waals surface area contributed by atoms with Gasteiger partial charge in [-0.3, -0.25) is 9.78 Å². The lowest BCUT2D eigenvalue weighted by Gasteiger charge is -2.39. The highest BCUT2D eigenvalue weighted by atomic mass is 32.1. The SMILES string of the molecule is O=C(O)c1c(N2CCN(c3ccncc3)CC2)n(Cc2nccs2)c2ccccc2c1=O. The monoisotopic (exact) mass is 447 g/mol. The molecule has 1 aromatic carbocycles. The number of pyridine rings is 2. The number of benzene rings is 1. The summed E-state index contributed by atoms with van der Waals surface area (Å²) in [5.41, 5.74) is 1.16. The first-order valence-electron chi connectivity index (χ1n) is 10.3. The van der Waals surface area contributed by atoms with Crippen LogP contribution >= 0.6 is 11.3 Å². The van der Waals surface area contributed by atoms with Gasteiger partial charge in [-0.25, -0.2) is 9.78 Å². The fourth-order valence-electron chi connectivity index (χ4n) is 4.27. The van der Waals surface area contributed by atoms with Gasteiger partial charge in [0.05, 0.1) is 12.1 Å². The van der Waals surface area contributed by atoms with Crippen molar-refractivity contribution in [1.82, 2.24) is 14.5 Å². The van der Waals surface area contributed by atoms with Gasteiger partial charge in [0.1, 0.15) is 16.4 Å². The molecule has 0 amide bonds. The summed E-state index contributed by atoms with van der Waals surface area (Å²) in [6, 6.07) is 11.1. The number of para-hydroxylation sites is 1. The number of piperazine rings is 1. The molecule has 8 nitrogen and oxygen atoms in total. The van der Waals surface area contributed by atoms with Crippen LogP contribution in [0, 0.1) is 0 Å². The number of rotatable bonds is 5. The molecule has 4 heterocycles. The summed E-state index contributed by atoms with van der Waals surface area (Å²) in [6.07, 6.45) is 5.26. The lowest BCUT2D eigenvalue weighted by molar-refractivity contribution is 0.0695. The first-order chi connectivity index (χ1) is 15.6. The minimum absolute atomic E-state index is 0.183. The maximum atomic E-state index is 13.2. The second-order valence-corrected chi connectivity index (χ2v) is 8.52. The minimum atomic E-state index is -1.21. The van der Waals surface area contributed by atoms with Crippen molar-refractivity contribution >= 4 is 39.7 Å². The predicted octanol–water partition coefficient (Wildman–Crippen LogP) is 2.93. The van der Waals surface area contributed by atoms with Gasteiger partial charge in [-0.1, -0.05) is 12.1 Å². The summed E-state index contributed by atoms with van der Waals surface area (Å²) in [7, 11) is 0. The van der Waals surface area contributed by atoms with E-state index in [4.69, 9.17) is 0 Å². The average Bonchev–Trinajstić information content (AvgIpc) is 3.34. The van der Waals surface area contributed by atoms with Crippen LogP contribution in [0.1, 0.15) is 15.4 Å². The minimum Gasteiger partial charge on any atom is -0.477 e. The number of aromatic carboxylic acids is 1. The van der Waals surface area contributed by atoms with Gasteiger partial charge >= 0.3 is 5.97 Å². The van der Waals surface area contributed by atoms with E-state index >= 15 is 0 Å². The van der Waals surface area contributed by atoms with E-state index in [-0.39, 0.29) is 5.56 Å². The molecule has 0 spiro atoms. The molecule has 1 aliphatic heterocycles. The Hall–Kier alpha value is -3.72. The Labute approximate surface area is 188 Å². The summed E-state index contributed by atoms with van der Waals surface area (Å²) < 4.78 is 1.93. The number of fused-ring (bicyclic) bond motifs is 1. The summed E-state index contributed by atoms with van der Waals surface area (Å²) in [5, 5.41) is 13.2. The van der Waals surface area contributed by atoms with Gasteiger partial charge in [-0.2, -0.15) is 0 Å². The van der Waals surface area contributed by atoms with E-state index in [2.05, 4.69) is 14.9 Å². The summed E-state index contributed by atoms with van der Waals surface area (Å²) in [4.78, 5) is 38.2. The highest BCUT2D eigenvalue weighted by Crippen LogP contribution is 2.28. The maximum absolute atomic E-state index is 13.2. The third-order valence-corrected chi connectivity index (χ3v) is 6.51. The first-order valence-corrected chi connectivity index (χ1v) is 11.2. The van der Waals surface area contributed by atoms with Gasteiger partial charge < -0.3 is 19.5 Å². The molecule has 5 rings (SSSR count). The number of anilines is 2. The zero-order valence-electron chi connectivity index (χ0n) is 17.2. The Morgan fingerprint density at radius 2 is 1.72 bits per heavy atom. The van der Waals surface area contributed by atoms with Gasteiger partial charge in [-0.15, -0.1) is 11.3 Å². The van der Waals surface area contributed by atoms with Crippen molar-refractivity contribution in [3.05, 3.63) is 81.2 Å². The van der Waals surface area contributed by atoms with E-state index in [9.17, 15) is 14.7 Å². The van der Waals surface area contributed by atoms with Crippen LogP contribution in [0.2, 0.25) is 0 Å². The average molecular weight is 448 g/mol. The molecule has 32 heavy (non-hydrogen) atoms. The van der Waals surface area contributed by atoms with Gasteiger partial charge in [0.25, 0.3) is 0 Å². The van der Waals surface area contributed by atoms with Gasteiger partial charge in [0.2, 0.25) is 5.43 Å². The molecular weight excluding hydrogens is 426 g/mol. The van der Waals surface area contributed by atoms with Crippen LogP contribution in [-0.4, -0.2) is 51.8 Å². The van der Waals surface area contributed by atoms with Crippen molar-refractivity contribution < 1.29 is 9.90 Å². The number of hydrogen-bond donors (Lipinski definition) is 1. The van der Waals surface area contributed by atoms with E-state index in [1.165, 1.54) is 11.3 Å². The van der Waals surface area contributed by atoms with E-state index in [1.807, 2.05) is 39.1 Å². The molecule has 0 bridgehead atoms. The molecule has 9 heteroatoms. The Kier molecular flexibility index (Phi) is 5.32. The number of nitrogens with zero attached hydrogens (tertiary/aromatic N) is 5. The number of carbonyl (C=O) groups is 1. The second kappa shape index (κ2) is 8.43. The van der Waals surface area contributed by atoms with E-state index in [1.54, 1.807) is 30.7 Å². The number of hydrogen-bond acceptors (Lipinski definition) is 7. The number of aromatic nitrogens is 3. The van der Waals surface area contributed by atoms with E-state index in [0.29, 0.717) is 49.4 Å². The van der Waals surface area contributed by atoms with Gasteiger partial charge in [0, 0.05) is 61.2 Å². The third-order valence-electron chi connectivity index (χ3n) is 5.74. The van der Waals surface area contributed by atoms with Crippen molar-refractivity contribution in [3.63, 3.8) is 0 Å². The third kappa shape index (κ3) is 3.60. The first kappa shape index (κ1) is 20.2. The van der Waals surface area contributed by atoms with E-state index in [0.717, 1.165) is 10.7 Å². The quantitative estimate of drug-likeness (QED) is 0.503. The van der Waals surface area contributed by atoms with Crippen molar-refractivity contribution in [2.24, 2.45) is 0 Å². The smallest absolute Gasteiger partial charge is 0.343 e. The summed E-state index contributed by atoms with van der Waals surface area (Å²) in [5.74, 6) is -0.758. The summed E-state index contributed by atoms with van der Waals surface area (Å²) in [6.45, 7) is 3.01. The van der Waals surface area contributed by atoms with Crippen molar-refractivity contribution in [2.75, 3.05) is 36.0 Å². The Morgan fingerprint density at radius 1 is 1.00 bits per heavy atom. The molecule has 1 fully saturated rings. The van der Waals surface area contributed by atoms with E-state index < -0.39 is 11.4 Å². The number of thiazole rings is 1. The zero-order chi connectivity index (χ0) is 22.1. The van der Waals surface area contributed by atoms with Crippen LogP contribution < -0.4 is 15.2 Å². The van der Waals surface area contributed by atoms with Crippen molar-refractivity contribution in [2.45, 2.75) is 6.54 Å². The lowest BCUT2D eigenvalue weighted by Crippen LogP contribution is -2.48. The Bertz CT molecular complexity index is 1310. The van der Waals surface area contributed by atoms with Gasteiger partial charge in [-0.05, 0) is 24.3 Å². The lowest BCUT2D eigenvalue weighted by atomic mass is 10.1. The number of carboxylic acid groups (broad SMARTS) is 1. The fraction of sp³-hybridized carbons (Fsp3) is 0.217.